The molecular formula is C27H28ClFN6O3. The summed E-state index contributed by atoms with van der Waals surface area (Å²) in [6.07, 6.45) is 8.20. The molecule has 0 saturated carbocycles. The molecule has 2 atom stereocenters. The van der Waals surface area contributed by atoms with E-state index in [1.807, 2.05) is 10.8 Å². The van der Waals surface area contributed by atoms with E-state index in [1.54, 1.807) is 23.1 Å². The molecule has 1 aliphatic heterocycles. The number of halogens is 2. The number of aromatic nitrogens is 4. The number of hydrogen-bond donors (Lipinski definition) is 1. The second-order valence-corrected chi connectivity index (χ2v) is 9.90. The standard InChI is InChI=1S/C27H28ClFN6O3/c1-3-22(36)34-11-5-8-20(14-34)35-26-23(25(30)31-16-32-26)24(33-35)18-9-10-21(27(28,13-18)37-2)38-15-17-6-4-7-19(29)12-17/h3-4,6-7,9-10,12,16,20H,1,5,8,11,13-15H2,2H3,(H2,30,31,32)/t20-,27?/m1/s1. The summed E-state index contributed by atoms with van der Waals surface area (Å²) in [5, 5.41) is 4.22. The normalized spacial score (nSPS) is 21.7. The summed E-state index contributed by atoms with van der Waals surface area (Å²) in [4.78, 5) is 22.7. The average molecular weight is 539 g/mol. The minimum absolute atomic E-state index is 0.0914. The Morgan fingerprint density at radius 1 is 1.37 bits per heavy atom. The van der Waals surface area contributed by atoms with Crippen molar-refractivity contribution in [2.45, 2.75) is 37.0 Å². The third-order valence-corrected chi connectivity index (χ3v) is 7.35. The summed E-state index contributed by atoms with van der Waals surface area (Å²) in [6, 6.07) is 6.08. The van der Waals surface area contributed by atoms with Crippen molar-refractivity contribution < 1.29 is 18.7 Å². The number of nitrogens with two attached hydrogens (primary N) is 1. The predicted octanol–water partition coefficient (Wildman–Crippen LogP) is 4.37. The number of methoxy groups -OCH3 is 1. The Kier molecular flexibility index (Phi) is 7.18. The molecule has 1 saturated heterocycles. The van der Waals surface area contributed by atoms with E-state index >= 15 is 0 Å². The number of amides is 1. The molecule has 2 aromatic heterocycles. The van der Waals surface area contributed by atoms with Gasteiger partial charge in [-0.25, -0.2) is 19.0 Å². The first-order chi connectivity index (χ1) is 18.3. The van der Waals surface area contributed by atoms with Crippen molar-refractivity contribution in [3.8, 4) is 0 Å². The van der Waals surface area contributed by atoms with Crippen LogP contribution >= 0.6 is 11.6 Å². The van der Waals surface area contributed by atoms with E-state index in [1.165, 1.54) is 31.6 Å². The Balaban J connectivity index is 1.50. The number of alkyl halides is 1. The van der Waals surface area contributed by atoms with Gasteiger partial charge in [-0.1, -0.05) is 36.4 Å². The number of hydrogen-bond acceptors (Lipinski definition) is 7. The molecule has 2 aliphatic rings. The van der Waals surface area contributed by atoms with E-state index in [9.17, 15) is 9.18 Å². The van der Waals surface area contributed by atoms with Crippen molar-refractivity contribution in [3.63, 3.8) is 0 Å². The van der Waals surface area contributed by atoms with E-state index in [2.05, 4.69) is 16.5 Å². The molecule has 1 unspecified atom stereocenters. The van der Waals surface area contributed by atoms with E-state index in [0.29, 0.717) is 47.0 Å². The Labute approximate surface area is 224 Å². The van der Waals surface area contributed by atoms with Gasteiger partial charge in [0.15, 0.2) is 5.65 Å². The second kappa shape index (κ2) is 10.5. The Bertz CT molecular complexity index is 1450. The zero-order valence-electron chi connectivity index (χ0n) is 20.9. The van der Waals surface area contributed by atoms with Gasteiger partial charge in [0.2, 0.25) is 11.0 Å². The van der Waals surface area contributed by atoms with Crippen LogP contribution in [0.1, 0.15) is 36.6 Å². The number of benzene rings is 1. The average Bonchev–Trinajstić information content (AvgIpc) is 3.33. The summed E-state index contributed by atoms with van der Waals surface area (Å²) >= 11 is 6.90. The van der Waals surface area contributed by atoms with Crippen LogP contribution in [0.25, 0.3) is 16.6 Å². The minimum atomic E-state index is -1.31. The molecule has 0 radical (unpaired) electrons. The first kappa shape index (κ1) is 25.9. The number of rotatable bonds is 7. The molecule has 3 heterocycles. The fourth-order valence-electron chi connectivity index (χ4n) is 4.93. The van der Waals surface area contributed by atoms with Gasteiger partial charge in [0, 0.05) is 26.6 Å². The van der Waals surface area contributed by atoms with Gasteiger partial charge >= 0.3 is 0 Å². The topological polar surface area (TPSA) is 108 Å². The molecule has 198 valence electrons. The molecule has 1 fully saturated rings. The minimum Gasteiger partial charge on any atom is -0.489 e. The van der Waals surface area contributed by atoms with Crippen LogP contribution in [0.5, 0.6) is 0 Å². The lowest BCUT2D eigenvalue weighted by molar-refractivity contribution is -0.127. The fraction of sp³-hybridized carbons (Fsp3) is 0.333. The molecule has 11 heteroatoms. The van der Waals surface area contributed by atoms with Crippen LogP contribution in [-0.4, -0.2) is 55.8 Å². The third kappa shape index (κ3) is 4.89. The molecule has 0 spiro atoms. The number of nitrogen functional groups attached to an aromatic ring is 1. The van der Waals surface area contributed by atoms with Gasteiger partial charge in [0.1, 0.15) is 36.0 Å². The first-order valence-electron chi connectivity index (χ1n) is 12.3. The van der Waals surface area contributed by atoms with Gasteiger partial charge in [0.25, 0.3) is 0 Å². The molecule has 3 aromatic rings. The number of nitrogens with zero attached hydrogens (tertiary/aromatic N) is 5. The van der Waals surface area contributed by atoms with E-state index in [-0.39, 0.29) is 30.8 Å². The highest BCUT2D eigenvalue weighted by atomic mass is 35.5. The first-order valence-corrected chi connectivity index (χ1v) is 12.6. The highest BCUT2D eigenvalue weighted by Gasteiger charge is 2.39. The molecule has 0 bridgehead atoms. The maximum atomic E-state index is 13.6. The Morgan fingerprint density at radius 2 is 2.21 bits per heavy atom. The summed E-state index contributed by atoms with van der Waals surface area (Å²) < 4.78 is 27.0. The number of carbonyl (C=O) groups excluding carboxylic acids is 1. The van der Waals surface area contributed by atoms with Gasteiger partial charge in [-0.2, -0.15) is 5.10 Å². The SMILES string of the molecule is C=CC(=O)N1CCC[C@@H](n2nc(C3=CC=C(OCc4cccc(F)c4)C(Cl)(OC)C3)c3c(N)ncnc32)C1. The van der Waals surface area contributed by atoms with Crippen molar-refractivity contribution in [2.24, 2.45) is 0 Å². The largest absolute Gasteiger partial charge is 0.489 e. The smallest absolute Gasteiger partial charge is 0.246 e. The highest BCUT2D eigenvalue weighted by molar-refractivity contribution is 6.25. The quantitative estimate of drug-likeness (QED) is 0.351. The second-order valence-electron chi connectivity index (χ2n) is 9.29. The lowest BCUT2D eigenvalue weighted by Gasteiger charge is -2.32. The number of carbonyl (C=O) groups is 1. The molecular weight excluding hydrogens is 511 g/mol. The van der Waals surface area contributed by atoms with Crippen LogP contribution in [0, 0.1) is 5.82 Å². The molecule has 5 rings (SSSR count). The molecule has 1 aromatic carbocycles. The zero-order valence-corrected chi connectivity index (χ0v) is 21.7. The summed E-state index contributed by atoms with van der Waals surface area (Å²) in [7, 11) is 1.50. The van der Waals surface area contributed by atoms with Crippen LogP contribution < -0.4 is 5.73 Å². The van der Waals surface area contributed by atoms with E-state index < -0.39 is 5.06 Å². The van der Waals surface area contributed by atoms with E-state index in [0.717, 1.165) is 18.4 Å². The van der Waals surface area contributed by atoms with Crippen molar-refractivity contribution in [2.75, 3.05) is 25.9 Å². The number of ether oxygens (including phenoxy) is 2. The van der Waals surface area contributed by atoms with Crippen LogP contribution in [-0.2, 0) is 20.9 Å². The lowest BCUT2D eigenvalue weighted by atomic mass is 9.96. The number of anilines is 1. The van der Waals surface area contributed by atoms with Gasteiger partial charge in [-0.3, -0.25) is 4.79 Å². The van der Waals surface area contributed by atoms with Crippen LogP contribution in [0.15, 0.2) is 61.2 Å². The van der Waals surface area contributed by atoms with Crippen LogP contribution in [0.2, 0.25) is 0 Å². The van der Waals surface area contributed by atoms with Crippen molar-refractivity contribution >= 4 is 39.9 Å². The van der Waals surface area contributed by atoms with Crippen molar-refractivity contribution in [1.82, 2.24) is 24.6 Å². The van der Waals surface area contributed by atoms with E-state index in [4.69, 9.17) is 31.9 Å². The number of likely N-dealkylation sites (tertiary alicyclic amines) is 1. The fourth-order valence-corrected chi connectivity index (χ4v) is 5.19. The highest BCUT2D eigenvalue weighted by Crippen LogP contribution is 2.43. The summed E-state index contributed by atoms with van der Waals surface area (Å²) in [5.74, 6) is 0.237. The van der Waals surface area contributed by atoms with Crippen LogP contribution in [0.4, 0.5) is 10.2 Å². The van der Waals surface area contributed by atoms with Crippen molar-refractivity contribution in [3.05, 3.63) is 78.2 Å². The number of allylic oxidation sites excluding steroid dienone is 2. The zero-order chi connectivity index (χ0) is 26.9. The maximum Gasteiger partial charge on any atom is 0.246 e. The monoisotopic (exact) mass is 538 g/mol. The summed E-state index contributed by atoms with van der Waals surface area (Å²) in [5.41, 5.74) is 8.92. The third-order valence-electron chi connectivity index (χ3n) is 6.88. The number of piperidine rings is 1. The predicted molar refractivity (Wildman–Crippen MR) is 142 cm³/mol. The Morgan fingerprint density at radius 3 is 2.97 bits per heavy atom. The van der Waals surface area contributed by atoms with Crippen LogP contribution in [0.3, 0.4) is 0 Å². The summed E-state index contributed by atoms with van der Waals surface area (Å²) in [6.45, 7) is 4.89. The molecule has 38 heavy (non-hydrogen) atoms. The number of fused-ring (bicyclic) bond motifs is 1. The van der Waals surface area contributed by atoms with Gasteiger partial charge in [-0.15, -0.1) is 0 Å². The van der Waals surface area contributed by atoms with Gasteiger partial charge in [0.05, 0.1) is 11.4 Å². The molecule has 2 N–H and O–H groups in total. The molecule has 1 amide bonds. The molecule has 9 nitrogen and oxygen atoms in total. The Hall–Kier alpha value is -3.76. The van der Waals surface area contributed by atoms with Crippen molar-refractivity contribution in [1.29, 1.82) is 0 Å². The lowest BCUT2D eigenvalue weighted by Crippen LogP contribution is -2.40. The van der Waals surface area contributed by atoms with Gasteiger partial charge < -0.3 is 20.1 Å². The maximum absolute atomic E-state index is 13.6. The molecule has 1 aliphatic carbocycles. The van der Waals surface area contributed by atoms with Gasteiger partial charge in [-0.05, 0) is 48.3 Å².